The summed E-state index contributed by atoms with van der Waals surface area (Å²) in [6, 6.07) is 0. The second kappa shape index (κ2) is 5.81. The first-order valence-electron chi connectivity index (χ1n) is 3.00. The molecule has 0 saturated heterocycles. The van der Waals surface area contributed by atoms with Crippen molar-refractivity contribution >= 4 is 17.7 Å². The first kappa shape index (κ1) is 10.0. The zero-order chi connectivity index (χ0) is 8.69. The highest BCUT2D eigenvalue weighted by molar-refractivity contribution is 8.03. The monoisotopic (exact) mass is 171 g/mol. The molecule has 0 aromatic heterocycles. The Kier molecular flexibility index (Phi) is 5.30. The molecule has 0 N–H and O–H groups in total. The lowest BCUT2D eigenvalue weighted by atomic mass is 10.3. The summed E-state index contributed by atoms with van der Waals surface area (Å²) in [7, 11) is 1.32. The smallest absolute Gasteiger partial charge is 0.334 e. The molecule has 0 rings (SSSR count). The largest absolute Gasteiger partial charge is 0.466 e. The van der Waals surface area contributed by atoms with Crippen molar-refractivity contribution in [2.45, 2.75) is 6.92 Å². The summed E-state index contributed by atoms with van der Waals surface area (Å²) in [5, 5.41) is 10.1. The summed E-state index contributed by atoms with van der Waals surface area (Å²) in [5.74, 6) is 0.0231. The van der Waals surface area contributed by atoms with Gasteiger partial charge in [0.2, 0.25) is 0 Å². The van der Waals surface area contributed by atoms with Crippen LogP contribution in [0.3, 0.4) is 0 Å². The highest BCUT2D eigenvalue weighted by atomic mass is 32.2. The van der Waals surface area contributed by atoms with Crippen LogP contribution in [0.4, 0.5) is 0 Å². The maximum atomic E-state index is 10.8. The van der Waals surface area contributed by atoms with Crippen LogP contribution in [0, 0.1) is 10.7 Å². The van der Waals surface area contributed by atoms with E-state index < -0.39 is 0 Å². The molecule has 0 radical (unpaired) electrons. The number of nitriles is 1. The van der Waals surface area contributed by atoms with E-state index in [1.165, 1.54) is 7.11 Å². The van der Waals surface area contributed by atoms with E-state index in [4.69, 9.17) is 5.26 Å². The Labute approximate surface area is 70.0 Å². The molecule has 0 unspecified atom stereocenters. The van der Waals surface area contributed by atoms with Gasteiger partial charge in [0, 0.05) is 11.3 Å². The standard InChI is InChI=1S/C7H9NO2S/c1-3-6(4-11-5-8)7(9)10-2/h3H,4H2,1-2H3/b6-3+. The van der Waals surface area contributed by atoms with Gasteiger partial charge >= 0.3 is 5.97 Å². The van der Waals surface area contributed by atoms with Gasteiger partial charge in [0.05, 0.1) is 7.11 Å². The average Bonchev–Trinajstić information content (AvgIpc) is 2.05. The molecule has 0 amide bonds. The van der Waals surface area contributed by atoms with Crippen molar-refractivity contribution in [3.8, 4) is 5.40 Å². The predicted octanol–water partition coefficient (Wildman–Crippen LogP) is 1.32. The van der Waals surface area contributed by atoms with Crippen molar-refractivity contribution in [2.75, 3.05) is 12.9 Å². The van der Waals surface area contributed by atoms with E-state index in [0.717, 1.165) is 11.8 Å². The van der Waals surface area contributed by atoms with Crippen LogP contribution in [0.2, 0.25) is 0 Å². The number of methoxy groups -OCH3 is 1. The molecule has 0 aromatic rings. The number of hydrogen-bond donors (Lipinski definition) is 0. The van der Waals surface area contributed by atoms with E-state index in [2.05, 4.69) is 4.74 Å². The number of thioether (sulfide) groups is 1. The van der Waals surface area contributed by atoms with Gasteiger partial charge in [-0.2, -0.15) is 5.26 Å². The fraction of sp³-hybridized carbons (Fsp3) is 0.429. The second-order valence-electron chi connectivity index (χ2n) is 1.69. The van der Waals surface area contributed by atoms with E-state index in [9.17, 15) is 4.79 Å². The van der Waals surface area contributed by atoms with Crippen molar-refractivity contribution in [2.24, 2.45) is 0 Å². The Morgan fingerprint density at radius 2 is 2.45 bits per heavy atom. The van der Waals surface area contributed by atoms with Gasteiger partial charge in [-0.15, -0.1) is 0 Å². The summed E-state index contributed by atoms with van der Waals surface area (Å²) in [4.78, 5) is 10.8. The van der Waals surface area contributed by atoms with Crippen molar-refractivity contribution < 1.29 is 9.53 Å². The highest BCUT2D eigenvalue weighted by Crippen LogP contribution is 2.06. The Bertz CT molecular complexity index is 205. The molecule has 0 saturated carbocycles. The summed E-state index contributed by atoms with van der Waals surface area (Å²) in [6.45, 7) is 1.74. The van der Waals surface area contributed by atoms with Crippen molar-refractivity contribution in [1.82, 2.24) is 0 Å². The Morgan fingerprint density at radius 1 is 1.82 bits per heavy atom. The number of carbonyl (C=O) groups is 1. The number of rotatable bonds is 3. The van der Waals surface area contributed by atoms with Gasteiger partial charge in [-0.3, -0.25) is 0 Å². The summed E-state index contributed by atoms with van der Waals surface area (Å²) >= 11 is 1.02. The van der Waals surface area contributed by atoms with Gasteiger partial charge in [-0.1, -0.05) is 6.08 Å². The molecular formula is C7H9NO2S. The van der Waals surface area contributed by atoms with E-state index in [-0.39, 0.29) is 5.97 Å². The first-order valence-corrected chi connectivity index (χ1v) is 3.99. The Balaban J connectivity index is 4.00. The molecule has 3 nitrogen and oxygen atoms in total. The van der Waals surface area contributed by atoms with E-state index in [1.54, 1.807) is 13.0 Å². The molecular weight excluding hydrogens is 162 g/mol. The molecule has 0 aliphatic carbocycles. The first-order chi connectivity index (χ1) is 5.26. The van der Waals surface area contributed by atoms with Gasteiger partial charge in [0.15, 0.2) is 0 Å². The van der Waals surface area contributed by atoms with Crippen LogP contribution in [-0.4, -0.2) is 18.8 Å². The minimum absolute atomic E-state index is 0.366. The second-order valence-corrected chi connectivity index (χ2v) is 2.45. The highest BCUT2D eigenvalue weighted by Gasteiger charge is 2.06. The number of carbonyl (C=O) groups excluding carboxylic acids is 1. The molecule has 0 aliphatic heterocycles. The Morgan fingerprint density at radius 3 is 2.82 bits per heavy atom. The molecule has 4 heteroatoms. The number of thiocyanates is 1. The lowest BCUT2D eigenvalue weighted by Crippen LogP contribution is -2.06. The quantitative estimate of drug-likeness (QED) is 0.365. The van der Waals surface area contributed by atoms with Crippen LogP contribution in [-0.2, 0) is 9.53 Å². The normalized spacial score (nSPS) is 10.5. The van der Waals surface area contributed by atoms with Crippen LogP contribution in [0.5, 0.6) is 0 Å². The zero-order valence-corrected chi connectivity index (χ0v) is 7.27. The van der Waals surface area contributed by atoms with Gasteiger partial charge < -0.3 is 4.74 Å². The summed E-state index contributed by atoms with van der Waals surface area (Å²) < 4.78 is 4.47. The van der Waals surface area contributed by atoms with Crippen LogP contribution in [0.1, 0.15) is 6.92 Å². The SMILES string of the molecule is C/C=C(\CSC#N)C(=O)OC. The average molecular weight is 171 g/mol. The summed E-state index contributed by atoms with van der Waals surface area (Å²) in [6.07, 6.45) is 1.65. The van der Waals surface area contributed by atoms with E-state index in [0.29, 0.717) is 11.3 Å². The molecule has 0 aliphatic rings. The fourth-order valence-corrected chi connectivity index (χ4v) is 1.01. The maximum Gasteiger partial charge on any atom is 0.334 e. The molecule has 0 atom stereocenters. The van der Waals surface area contributed by atoms with Crippen LogP contribution in [0.15, 0.2) is 11.6 Å². The number of esters is 1. The zero-order valence-electron chi connectivity index (χ0n) is 6.46. The fourth-order valence-electron chi connectivity index (χ4n) is 0.501. The number of hydrogen-bond acceptors (Lipinski definition) is 4. The summed E-state index contributed by atoms with van der Waals surface area (Å²) in [5.41, 5.74) is 0.527. The predicted molar refractivity (Wildman–Crippen MR) is 43.8 cm³/mol. The van der Waals surface area contributed by atoms with Crippen molar-refractivity contribution in [3.05, 3.63) is 11.6 Å². The van der Waals surface area contributed by atoms with Gasteiger partial charge in [-0.05, 0) is 18.7 Å². The number of allylic oxidation sites excluding steroid dienone is 1. The van der Waals surface area contributed by atoms with Crippen molar-refractivity contribution in [3.63, 3.8) is 0 Å². The molecule has 0 bridgehead atoms. The number of ether oxygens (including phenoxy) is 1. The molecule has 0 fully saturated rings. The lowest BCUT2D eigenvalue weighted by molar-refractivity contribution is -0.135. The third kappa shape index (κ3) is 3.68. The van der Waals surface area contributed by atoms with Gasteiger partial charge in [-0.25, -0.2) is 4.79 Å². The molecule has 11 heavy (non-hydrogen) atoms. The minimum atomic E-state index is -0.366. The van der Waals surface area contributed by atoms with E-state index >= 15 is 0 Å². The van der Waals surface area contributed by atoms with Crippen LogP contribution < -0.4 is 0 Å². The maximum absolute atomic E-state index is 10.8. The molecule has 0 heterocycles. The minimum Gasteiger partial charge on any atom is -0.466 e. The van der Waals surface area contributed by atoms with Gasteiger partial charge in [0.25, 0.3) is 0 Å². The molecule has 60 valence electrons. The lowest BCUT2D eigenvalue weighted by Gasteiger charge is -1.99. The molecule has 0 aromatic carbocycles. The third-order valence-corrected chi connectivity index (χ3v) is 1.67. The molecule has 0 spiro atoms. The van der Waals surface area contributed by atoms with Gasteiger partial charge in [0.1, 0.15) is 5.40 Å². The number of nitrogens with zero attached hydrogens (tertiary/aromatic N) is 1. The topological polar surface area (TPSA) is 50.1 Å². The van der Waals surface area contributed by atoms with E-state index in [1.807, 2.05) is 5.40 Å². The van der Waals surface area contributed by atoms with Crippen LogP contribution >= 0.6 is 11.8 Å². The third-order valence-electron chi connectivity index (χ3n) is 1.09. The Hall–Kier alpha value is -0.950. The van der Waals surface area contributed by atoms with Crippen molar-refractivity contribution in [1.29, 1.82) is 5.26 Å². The van der Waals surface area contributed by atoms with Crippen LogP contribution in [0.25, 0.3) is 0 Å².